The van der Waals surface area contributed by atoms with Gasteiger partial charge in [0.15, 0.2) is 0 Å². The number of carboxylic acids is 1. The molecule has 0 heterocycles. The molecule has 2 atom stereocenters. The molecule has 0 aliphatic heterocycles. The van der Waals surface area contributed by atoms with Crippen molar-refractivity contribution in [3.05, 3.63) is 0 Å². The molecule has 0 rings (SSSR count). The van der Waals surface area contributed by atoms with Gasteiger partial charge in [0.05, 0.1) is 5.92 Å². The molecule has 0 fully saturated rings. The van der Waals surface area contributed by atoms with E-state index in [2.05, 4.69) is 13.8 Å². The third kappa shape index (κ3) is 7.69. The molecule has 96 valence electrons. The smallest absolute Gasteiger partial charge is 0.307 e. The molecule has 3 heteroatoms. The number of carboxylic acid groups (broad SMARTS) is 1. The maximum absolute atomic E-state index is 10.8. The van der Waals surface area contributed by atoms with Gasteiger partial charge in [-0.3, -0.25) is 4.79 Å². The summed E-state index contributed by atoms with van der Waals surface area (Å²) in [5.41, 5.74) is 5.42. The van der Waals surface area contributed by atoms with Crippen LogP contribution in [0.3, 0.4) is 0 Å². The summed E-state index contributed by atoms with van der Waals surface area (Å²) < 4.78 is 0. The maximum Gasteiger partial charge on any atom is 0.307 e. The van der Waals surface area contributed by atoms with E-state index in [1.807, 2.05) is 0 Å². The standard InChI is InChI=1S/C13H27NO2/c1-3-4-5-6-7-11(2)8-9-12(10-14)13(15)16/h11-12H,3-10,14H2,1-2H3,(H,15,16). The summed E-state index contributed by atoms with van der Waals surface area (Å²) >= 11 is 0. The van der Waals surface area contributed by atoms with E-state index in [-0.39, 0.29) is 12.5 Å². The third-order valence-corrected chi connectivity index (χ3v) is 3.19. The maximum atomic E-state index is 10.8. The fourth-order valence-electron chi connectivity index (χ4n) is 1.89. The minimum Gasteiger partial charge on any atom is -0.481 e. The molecule has 0 aromatic heterocycles. The van der Waals surface area contributed by atoms with E-state index in [0.29, 0.717) is 5.92 Å². The van der Waals surface area contributed by atoms with Crippen molar-refractivity contribution in [2.75, 3.05) is 6.54 Å². The van der Waals surface area contributed by atoms with E-state index in [1.54, 1.807) is 0 Å². The molecule has 0 saturated heterocycles. The van der Waals surface area contributed by atoms with Crippen molar-refractivity contribution in [1.82, 2.24) is 0 Å². The van der Waals surface area contributed by atoms with Crippen molar-refractivity contribution < 1.29 is 9.90 Å². The van der Waals surface area contributed by atoms with Crippen molar-refractivity contribution in [2.24, 2.45) is 17.6 Å². The number of unbranched alkanes of at least 4 members (excludes halogenated alkanes) is 3. The molecule has 0 radical (unpaired) electrons. The largest absolute Gasteiger partial charge is 0.481 e. The van der Waals surface area contributed by atoms with Gasteiger partial charge in [-0.05, 0) is 18.8 Å². The predicted molar refractivity (Wildman–Crippen MR) is 67.3 cm³/mol. The van der Waals surface area contributed by atoms with Crippen molar-refractivity contribution in [1.29, 1.82) is 0 Å². The Morgan fingerprint density at radius 2 is 1.88 bits per heavy atom. The lowest BCUT2D eigenvalue weighted by molar-refractivity contribution is -0.141. The molecule has 16 heavy (non-hydrogen) atoms. The molecular weight excluding hydrogens is 202 g/mol. The average Bonchev–Trinajstić information content (AvgIpc) is 2.25. The fourth-order valence-corrected chi connectivity index (χ4v) is 1.89. The summed E-state index contributed by atoms with van der Waals surface area (Å²) in [6.07, 6.45) is 8.09. The Balaban J connectivity index is 3.55. The first-order chi connectivity index (χ1) is 7.61. The number of hydrogen-bond donors (Lipinski definition) is 2. The normalized spacial score (nSPS) is 14.7. The van der Waals surface area contributed by atoms with Crippen LogP contribution < -0.4 is 5.73 Å². The summed E-state index contributed by atoms with van der Waals surface area (Å²) in [4.78, 5) is 10.8. The molecule has 3 N–H and O–H groups in total. The molecule has 0 aliphatic carbocycles. The van der Waals surface area contributed by atoms with Gasteiger partial charge in [0.2, 0.25) is 0 Å². The van der Waals surface area contributed by atoms with Gasteiger partial charge in [-0.1, -0.05) is 46.0 Å². The molecule has 2 unspecified atom stereocenters. The number of aliphatic carboxylic acids is 1. The van der Waals surface area contributed by atoms with Gasteiger partial charge in [0.25, 0.3) is 0 Å². The molecular formula is C13H27NO2. The highest BCUT2D eigenvalue weighted by atomic mass is 16.4. The van der Waals surface area contributed by atoms with Gasteiger partial charge < -0.3 is 10.8 Å². The van der Waals surface area contributed by atoms with Crippen LogP contribution >= 0.6 is 0 Å². The minimum absolute atomic E-state index is 0.262. The molecule has 0 amide bonds. The SMILES string of the molecule is CCCCCCC(C)CCC(CN)C(=O)O. The molecule has 0 aromatic rings. The number of carbonyl (C=O) groups is 1. The first-order valence-corrected chi connectivity index (χ1v) is 6.54. The van der Waals surface area contributed by atoms with Crippen molar-refractivity contribution in [3.8, 4) is 0 Å². The Morgan fingerprint density at radius 3 is 2.38 bits per heavy atom. The zero-order chi connectivity index (χ0) is 12.4. The van der Waals surface area contributed by atoms with Gasteiger partial charge in [0, 0.05) is 6.54 Å². The number of nitrogens with two attached hydrogens (primary N) is 1. The van der Waals surface area contributed by atoms with Crippen molar-refractivity contribution in [3.63, 3.8) is 0 Å². The van der Waals surface area contributed by atoms with Gasteiger partial charge in [-0.2, -0.15) is 0 Å². The second-order valence-electron chi connectivity index (χ2n) is 4.80. The van der Waals surface area contributed by atoms with Crippen molar-refractivity contribution in [2.45, 2.75) is 58.8 Å². The summed E-state index contributed by atoms with van der Waals surface area (Å²) in [5.74, 6) is -0.468. The zero-order valence-corrected chi connectivity index (χ0v) is 10.7. The van der Waals surface area contributed by atoms with Crippen LogP contribution in [0.4, 0.5) is 0 Å². The van der Waals surface area contributed by atoms with Gasteiger partial charge in [0.1, 0.15) is 0 Å². The van der Waals surface area contributed by atoms with Gasteiger partial charge in [-0.15, -0.1) is 0 Å². The lowest BCUT2D eigenvalue weighted by Crippen LogP contribution is -2.23. The Kier molecular flexibility index (Phi) is 9.30. The van der Waals surface area contributed by atoms with Crippen molar-refractivity contribution >= 4 is 5.97 Å². The van der Waals surface area contributed by atoms with Crippen LogP contribution in [0.2, 0.25) is 0 Å². The number of rotatable bonds is 10. The molecule has 0 saturated carbocycles. The van der Waals surface area contributed by atoms with E-state index < -0.39 is 5.97 Å². The molecule has 0 bridgehead atoms. The van der Waals surface area contributed by atoms with Crippen LogP contribution in [-0.4, -0.2) is 17.6 Å². The quantitative estimate of drug-likeness (QED) is 0.566. The molecule has 0 aliphatic rings. The van der Waals surface area contributed by atoms with Crippen LogP contribution in [0.1, 0.15) is 58.8 Å². The van der Waals surface area contributed by atoms with E-state index in [1.165, 1.54) is 32.1 Å². The summed E-state index contributed by atoms with van der Waals surface area (Å²) in [6.45, 7) is 4.68. The average molecular weight is 229 g/mol. The highest BCUT2D eigenvalue weighted by molar-refractivity contribution is 5.70. The van der Waals surface area contributed by atoms with Gasteiger partial charge >= 0.3 is 5.97 Å². The molecule has 3 nitrogen and oxygen atoms in total. The summed E-state index contributed by atoms with van der Waals surface area (Å²) in [6, 6.07) is 0. The van der Waals surface area contributed by atoms with Crippen LogP contribution in [0, 0.1) is 11.8 Å². The first kappa shape index (κ1) is 15.4. The summed E-state index contributed by atoms with van der Waals surface area (Å²) in [5, 5.41) is 8.85. The van der Waals surface area contributed by atoms with E-state index in [0.717, 1.165) is 12.8 Å². The monoisotopic (exact) mass is 229 g/mol. The van der Waals surface area contributed by atoms with E-state index >= 15 is 0 Å². The van der Waals surface area contributed by atoms with Crippen LogP contribution in [-0.2, 0) is 4.79 Å². The predicted octanol–water partition coefficient (Wildman–Crippen LogP) is 3.03. The number of hydrogen-bond acceptors (Lipinski definition) is 2. The highest BCUT2D eigenvalue weighted by Gasteiger charge is 2.16. The first-order valence-electron chi connectivity index (χ1n) is 6.54. The zero-order valence-electron chi connectivity index (χ0n) is 10.7. The fraction of sp³-hybridized carbons (Fsp3) is 0.923. The van der Waals surface area contributed by atoms with Crippen LogP contribution in [0.25, 0.3) is 0 Å². The van der Waals surface area contributed by atoms with E-state index in [4.69, 9.17) is 10.8 Å². The van der Waals surface area contributed by atoms with Gasteiger partial charge in [-0.25, -0.2) is 0 Å². The highest BCUT2D eigenvalue weighted by Crippen LogP contribution is 2.18. The second-order valence-corrected chi connectivity index (χ2v) is 4.80. The van der Waals surface area contributed by atoms with Crippen LogP contribution in [0.15, 0.2) is 0 Å². The molecule has 0 aromatic carbocycles. The lowest BCUT2D eigenvalue weighted by Gasteiger charge is -2.14. The summed E-state index contributed by atoms with van der Waals surface area (Å²) in [7, 11) is 0. The minimum atomic E-state index is -0.749. The Hall–Kier alpha value is -0.570. The topological polar surface area (TPSA) is 63.3 Å². The Morgan fingerprint density at radius 1 is 1.19 bits per heavy atom. The second kappa shape index (κ2) is 9.64. The Bertz CT molecular complexity index is 183. The third-order valence-electron chi connectivity index (χ3n) is 3.19. The van der Waals surface area contributed by atoms with Crippen LogP contribution in [0.5, 0.6) is 0 Å². The molecule has 0 spiro atoms. The Labute approximate surface area is 99.4 Å². The van der Waals surface area contributed by atoms with E-state index in [9.17, 15) is 4.79 Å². The lowest BCUT2D eigenvalue weighted by atomic mass is 9.93.